The van der Waals surface area contributed by atoms with Gasteiger partial charge in [0.1, 0.15) is 0 Å². The number of hydrogen-bond donors (Lipinski definition) is 1. The lowest BCUT2D eigenvalue weighted by molar-refractivity contribution is 0.349. The fourth-order valence-electron chi connectivity index (χ4n) is 2.98. The van der Waals surface area contributed by atoms with E-state index in [-0.39, 0.29) is 11.5 Å². The van der Waals surface area contributed by atoms with E-state index in [1.165, 1.54) is 18.4 Å². The molecule has 18 heavy (non-hydrogen) atoms. The van der Waals surface area contributed by atoms with E-state index in [0.29, 0.717) is 0 Å². The average molecular weight is 249 g/mol. The van der Waals surface area contributed by atoms with Crippen LogP contribution < -0.4 is 15.2 Å². The maximum absolute atomic E-state index is 6.17. The van der Waals surface area contributed by atoms with Crippen molar-refractivity contribution < 1.29 is 9.47 Å². The Morgan fingerprint density at radius 2 is 1.72 bits per heavy atom. The Kier molecular flexibility index (Phi) is 3.28. The zero-order valence-electron chi connectivity index (χ0n) is 12.0. The molecule has 1 unspecified atom stereocenters. The molecule has 0 spiro atoms. The van der Waals surface area contributed by atoms with Crippen LogP contribution in [0.25, 0.3) is 0 Å². The Balaban J connectivity index is 2.61. The van der Waals surface area contributed by atoms with Crippen LogP contribution >= 0.6 is 0 Å². The van der Waals surface area contributed by atoms with Crippen LogP contribution in [-0.4, -0.2) is 20.3 Å². The van der Waals surface area contributed by atoms with Crippen molar-refractivity contribution in [3.05, 3.63) is 22.8 Å². The first kappa shape index (κ1) is 13.2. The summed E-state index contributed by atoms with van der Waals surface area (Å²) in [5.41, 5.74) is 9.92. The van der Waals surface area contributed by atoms with Crippen molar-refractivity contribution in [1.82, 2.24) is 0 Å². The Labute approximate surface area is 109 Å². The normalized spacial score (nSPS) is 18.3. The molecule has 1 aromatic rings. The van der Waals surface area contributed by atoms with E-state index in [0.717, 1.165) is 22.6 Å². The van der Waals surface area contributed by atoms with Gasteiger partial charge in [0.05, 0.1) is 14.2 Å². The second kappa shape index (κ2) is 4.47. The second-order valence-electron chi connectivity index (χ2n) is 5.38. The Bertz CT molecular complexity index is 462. The summed E-state index contributed by atoms with van der Waals surface area (Å²) in [6, 6.07) is 2.39. The zero-order chi connectivity index (χ0) is 13.5. The number of ether oxygens (including phenoxy) is 2. The molecule has 0 amide bonds. The van der Waals surface area contributed by atoms with E-state index in [1.807, 2.05) is 0 Å². The Hall–Kier alpha value is -1.22. The van der Waals surface area contributed by atoms with E-state index in [4.69, 9.17) is 15.2 Å². The van der Waals surface area contributed by atoms with Crippen LogP contribution in [0.15, 0.2) is 6.07 Å². The van der Waals surface area contributed by atoms with Gasteiger partial charge in [-0.2, -0.15) is 0 Å². The minimum Gasteiger partial charge on any atom is -0.493 e. The van der Waals surface area contributed by atoms with Crippen LogP contribution in [0.2, 0.25) is 0 Å². The van der Waals surface area contributed by atoms with Gasteiger partial charge in [-0.25, -0.2) is 0 Å². The Morgan fingerprint density at radius 1 is 1.17 bits per heavy atom. The van der Waals surface area contributed by atoms with Crippen LogP contribution in [0.1, 0.15) is 36.5 Å². The Morgan fingerprint density at radius 3 is 2.11 bits per heavy atom. The van der Waals surface area contributed by atoms with Crippen molar-refractivity contribution in [1.29, 1.82) is 0 Å². The molecule has 0 aromatic heterocycles. The molecule has 1 aliphatic rings. The van der Waals surface area contributed by atoms with Crippen LogP contribution in [0, 0.1) is 13.8 Å². The lowest BCUT2D eigenvalue weighted by atomic mass is 9.85. The molecule has 0 bridgehead atoms. The third-order valence-electron chi connectivity index (χ3n) is 4.27. The predicted octanol–water partition coefficient (Wildman–Crippen LogP) is 2.70. The number of hydrogen-bond acceptors (Lipinski definition) is 3. The molecule has 1 fully saturated rings. The van der Waals surface area contributed by atoms with E-state index < -0.39 is 0 Å². The van der Waals surface area contributed by atoms with Gasteiger partial charge in [0, 0.05) is 11.5 Å². The first-order valence-electron chi connectivity index (χ1n) is 6.46. The molecule has 0 heterocycles. The smallest absolute Gasteiger partial charge is 0.164 e. The predicted molar refractivity (Wildman–Crippen MR) is 73.6 cm³/mol. The van der Waals surface area contributed by atoms with Crippen molar-refractivity contribution in [2.75, 3.05) is 14.2 Å². The van der Waals surface area contributed by atoms with Gasteiger partial charge in [-0.3, -0.25) is 0 Å². The summed E-state index contributed by atoms with van der Waals surface area (Å²) < 4.78 is 11.0. The summed E-state index contributed by atoms with van der Waals surface area (Å²) in [7, 11) is 3.38. The maximum atomic E-state index is 6.17. The molecule has 2 N–H and O–H groups in total. The molecule has 2 rings (SSSR count). The summed E-state index contributed by atoms with van der Waals surface area (Å²) in [6.45, 7) is 6.25. The number of methoxy groups -OCH3 is 2. The van der Waals surface area contributed by atoms with Gasteiger partial charge >= 0.3 is 0 Å². The highest BCUT2D eigenvalue weighted by molar-refractivity contribution is 5.58. The van der Waals surface area contributed by atoms with Gasteiger partial charge in [0.25, 0.3) is 0 Å². The number of aryl methyl sites for hydroxylation is 1. The highest BCUT2D eigenvalue weighted by atomic mass is 16.5. The number of nitrogens with two attached hydrogens (primary N) is 1. The minimum absolute atomic E-state index is 0.147. The largest absolute Gasteiger partial charge is 0.493 e. The van der Waals surface area contributed by atoms with Gasteiger partial charge in [-0.1, -0.05) is 6.07 Å². The highest BCUT2D eigenvalue weighted by Gasteiger charge is 2.48. The van der Waals surface area contributed by atoms with Crippen molar-refractivity contribution >= 4 is 0 Å². The molecule has 1 atom stereocenters. The zero-order valence-corrected chi connectivity index (χ0v) is 12.0. The minimum atomic E-state index is 0.147. The second-order valence-corrected chi connectivity index (χ2v) is 5.38. The fourth-order valence-corrected chi connectivity index (χ4v) is 2.98. The molecular formula is C15H23NO2. The van der Waals surface area contributed by atoms with E-state index in [9.17, 15) is 0 Å². The van der Waals surface area contributed by atoms with E-state index in [2.05, 4.69) is 26.8 Å². The summed E-state index contributed by atoms with van der Waals surface area (Å²) in [4.78, 5) is 0. The summed E-state index contributed by atoms with van der Waals surface area (Å²) in [5.74, 6) is 1.68. The van der Waals surface area contributed by atoms with Crippen molar-refractivity contribution in [2.45, 2.75) is 45.1 Å². The first-order chi connectivity index (χ1) is 8.47. The average Bonchev–Trinajstić information content (AvgIpc) is 3.12. The molecular weight excluding hydrogens is 226 g/mol. The van der Waals surface area contributed by atoms with Gasteiger partial charge < -0.3 is 15.2 Å². The number of benzene rings is 1. The van der Waals surface area contributed by atoms with Crippen LogP contribution in [-0.2, 0) is 5.41 Å². The number of rotatable bonds is 4. The lowest BCUT2D eigenvalue weighted by Crippen LogP contribution is -2.32. The van der Waals surface area contributed by atoms with E-state index in [1.54, 1.807) is 14.2 Å². The quantitative estimate of drug-likeness (QED) is 0.892. The molecule has 1 aromatic carbocycles. The molecule has 3 nitrogen and oxygen atoms in total. The molecule has 1 saturated carbocycles. The van der Waals surface area contributed by atoms with E-state index >= 15 is 0 Å². The summed E-state index contributed by atoms with van der Waals surface area (Å²) in [5, 5.41) is 0. The van der Waals surface area contributed by atoms with Crippen molar-refractivity contribution in [3.8, 4) is 11.5 Å². The summed E-state index contributed by atoms with van der Waals surface area (Å²) >= 11 is 0. The molecule has 3 heteroatoms. The molecule has 0 radical (unpaired) electrons. The SMILES string of the molecule is COc1c(C)cc(C2(C(C)N)CC2)c(C)c1OC. The molecule has 0 saturated heterocycles. The maximum Gasteiger partial charge on any atom is 0.164 e. The molecule has 1 aliphatic carbocycles. The van der Waals surface area contributed by atoms with Gasteiger partial charge in [0.15, 0.2) is 11.5 Å². The fraction of sp³-hybridized carbons (Fsp3) is 0.600. The van der Waals surface area contributed by atoms with Gasteiger partial charge in [-0.05, 0) is 50.3 Å². The van der Waals surface area contributed by atoms with Gasteiger partial charge in [0.2, 0.25) is 0 Å². The highest BCUT2D eigenvalue weighted by Crippen LogP contribution is 2.54. The van der Waals surface area contributed by atoms with Crippen LogP contribution in [0.5, 0.6) is 11.5 Å². The molecule has 100 valence electrons. The van der Waals surface area contributed by atoms with Crippen molar-refractivity contribution in [3.63, 3.8) is 0 Å². The molecule has 0 aliphatic heterocycles. The lowest BCUT2D eigenvalue weighted by Gasteiger charge is -2.25. The van der Waals surface area contributed by atoms with Crippen LogP contribution in [0.4, 0.5) is 0 Å². The monoisotopic (exact) mass is 249 g/mol. The van der Waals surface area contributed by atoms with Crippen LogP contribution in [0.3, 0.4) is 0 Å². The van der Waals surface area contributed by atoms with Gasteiger partial charge in [-0.15, -0.1) is 0 Å². The third-order valence-corrected chi connectivity index (χ3v) is 4.27. The standard InChI is InChI=1S/C15H23NO2/c1-9-8-12(15(6-7-15)11(3)16)10(2)14(18-5)13(9)17-4/h8,11H,6-7,16H2,1-5H3. The third kappa shape index (κ3) is 1.77. The topological polar surface area (TPSA) is 44.5 Å². The van der Waals surface area contributed by atoms with Crippen molar-refractivity contribution in [2.24, 2.45) is 5.73 Å². The summed E-state index contributed by atoms with van der Waals surface area (Å²) in [6.07, 6.45) is 2.33. The first-order valence-corrected chi connectivity index (χ1v) is 6.46.